The second kappa shape index (κ2) is 33.1. The SMILES string of the molecule is NCCCCO.O=S(=O)(Cl)c1ccc(Br)cc1F.O=S(=O)(NCCCCO)c1ccc(-c2ccc(Cl)cc2)cc1F.O=S(=O)(NCCCCO)c1ccc(Br)cc1F.OB(O)c1ccc(Cl)cc1. The standard InChI is InChI=1S/C16H17ClFNO3S.C10H13BrFNO3S.C6H6BClO2.C6H3BrClFO2S.C4H11NO/c17-14-6-3-12(4-7-14)13-5-8-16(15(18)11-13)23(21,22)19-9-1-2-10-20;11-8-3-4-10(9(12)7-8)17(15,16)13-5-1-2-6-14;8-6-3-1-5(2-4-6)7(9)10;7-4-1-2-6(5(9)3-4)12(8,10)11;5-3-1-2-4-6/h3-8,11,19-20H,1-2,9-10H2;3-4,7,13-14H,1-2,5-6H2;1-4,9-10H;1-3H;6H,1-5H2. The van der Waals surface area contributed by atoms with Crippen molar-refractivity contribution in [2.75, 3.05) is 39.5 Å². The van der Waals surface area contributed by atoms with Crippen LogP contribution < -0.4 is 20.6 Å². The molecule has 26 heteroatoms. The van der Waals surface area contributed by atoms with E-state index in [-0.39, 0.29) is 42.7 Å². The number of halogens is 8. The molecule has 0 fully saturated rings. The highest BCUT2D eigenvalue weighted by molar-refractivity contribution is 9.10. The second-order valence-electron chi connectivity index (χ2n) is 13.5. The van der Waals surface area contributed by atoms with Crippen molar-refractivity contribution in [3.8, 4) is 11.1 Å². The average molecular weight is 1200 g/mol. The molecule has 5 aromatic rings. The predicted octanol–water partition coefficient (Wildman–Crippen LogP) is 7.09. The largest absolute Gasteiger partial charge is 0.488 e. The Morgan fingerprint density at radius 3 is 1.25 bits per heavy atom. The van der Waals surface area contributed by atoms with Gasteiger partial charge in [0.05, 0.1) is 0 Å². The fourth-order valence-electron chi connectivity index (χ4n) is 4.84. The summed E-state index contributed by atoms with van der Waals surface area (Å²) in [5.74, 6) is -2.47. The van der Waals surface area contributed by atoms with Gasteiger partial charge in [-0.15, -0.1) is 0 Å². The van der Waals surface area contributed by atoms with E-state index in [1.165, 1.54) is 30.3 Å². The van der Waals surface area contributed by atoms with Crippen LogP contribution in [0.3, 0.4) is 0 Å². The van der Waals surface area contributed by atoms with E-state index in [1.54, 1.807) is 54.6 Å². The molecule has 0 atom stereocenters. The minimum absolute atomic E-state index is 0.00806. The molecule has 0 aliphatic heterocycles. The highest BCUT2D eigenvalue weighted by Crippen LogP contribution is 2.26. The van der Waals surface area contributed by atoms with E-state index in [2.05, 4.69) is 41.3 Å². The summed E-state index contributed by atoms with van der Waals surface area (Å²) >= 11 is 17.4. The van der Waals surface area contributed by atoms with Crippen LogP contribution in [0.1, 0.15) is 38.5 Å². The van der Waals surface area contributed by atoms with Crippen LogP contribution in [0.25, 0.3) is 11.1 Å². The first-order valence-corrected chi connectivity index (χ1v) is 27.6. The van der Waals surface area contributed by atoms with Gasteiger partial charge in [-0.25, -0.2) is 47.9 Å². The van der Waals surface area contributed by atoms with Gasteiger partial charge in [-0.05, 0) is 134 Å². The average Bonchev–Trinajstić information content (AvgIpc) is 3.26. The van der Waals surface area contributed by atoms with Crippen LogP contribution in [0.5, 0.6) is 0 Å². The van der Waals surface area contributed by atoms with E-state index in [1.807, 2.05) is 0 Å². The summed E-state index contributed by atoms with van der Waals surface area (Å²) in [5, 5.41) is 43.8. The molecule has 0 spiro atoms. The minimum Gasteiger partial charge on any atom is -0.423 e. The number of aliphatic hydroxyl groups excluding tert-OH is 3. The lowest BCUT2D eigenvalue weighted by molar-refractivity contribution is 0.284. The quantitative estimate of drug-likeness (QED) is 0.0249. The molecule has 0 aliphatic carbocycles. The molecular formula is C42H50BBr2Cl3F3N3O11S3. The molecule has 0 aromatic heterocycles. The third-order valence-electron chi connectivity index (χ3n) is 8.27. The molecule has 5 aromatic carbocycles. The minimum atomic E-state index is -3.97. The van der Waals surface area contributed by atoms with Crippen molar-refractivity contribution in [1.82, 2.24) is 9.44 Å². The lowest BCUT2D eigenvalue weighted by Gasteiger charge is -2.09. The smallest absolute Gasteiger partial charge is 0.423 e. The fourth-order valence-corrected chi connectivity index (χ4v) is 8.92. The van der Waals surface area contributed by atoms with Gasteiger partial charge in [0.25, 0.3) is 9.05 Å². The van der Waals surface area contributed by atoms with Gasteiger partial charge in [-0.2, -0.15) is 0 Å². The van der Waals surface area contributed by atoms with Gasteiger partial charge in [0.2, 0.25) is 20.0 Å². The summed E-state index contributed by atoms with van der Waals surface area (Å²) in [7, 11) is -8.17. The van der Waals surface area contributed by atoms with Crippen molar-refractivity contribution in [3.63, 3.8) is 0 Å². The van der Waals surface area contributed by atoms with Gasteiger partial charge in [0.15, 0.2) is 0 Å². The Labute approximate surface area is 426 Å². The first-order valence-electron chi connectivity index (χ1n) is 20.0. The summed E-state index contributed by atoms with van der Waals surface area (Å²) in [6.07, 6.45) is 3.77. The Balaban J connectivity index is 0.000000454. The topological polar surface area (TPSA) is 254 Å². The number of benzene rings is 5. The summed E-state index contributed by atoms with van der Waals surface area (Å²) in [5.41, 5.74) is 6.86. The van der Waals surface area contributed by atoms with Gasteiger partial charge >= 0.3 is 7.12 Å². The summed E-state index contributed by atoms with van der Waals surface area (Å²) in [4.78, 5) is -1.27. The summed E-state index contributed by atoms with van der Waals surface area (Å²) < 4.78 is 115. The first kappa shape index (κ1) is 63.3. The number of nitrogens with one attached hydrogen (secondary N) is 2. The van der Waals surface area contributed by atoms with Gasteiger partial charge in [0, 0.05) is 62.6 Å². The number of rotatable bonds is 18. The zero-order valence-corrected chi connectivity index (χ0v) is 43.8. The summed E-state index contributed by atoms with van der Waals surface area (Å²) in [6, 6.07) is 24.5. The molecule has 0 unspecified atom stereocenters. The zero-order valence-electron chi connectivity index (χ0n) is 35.9. The van der Waals surface area contributed by atoms with Crippen molar-refractivity contribution >= 4 is 107 Å². The van der Waals surface area contributed by atoms with Crippen LogP contribution in [0, 0.1) is 17.5 Å². The number of hydrogen-bond donors (Lipinski definition) is 8. The maximum absolute atomic E-state index is 14.2. The third-order valence-corrected chi connectivity index (χ3v) is 14.1. The lowest BCUT2D eigenvalue weighted by Crippen LogP contribution is -2.29. The maximum atomic E-state index is 14.2. The van der Waals surface area contributed by atoms with Gasteiger partial charge in [-0.1, -0.05) is 85.4 Å². The first-order chi connectivity index (χ1) is 31.9. The molecular weight excluding hydrogens is 1150 g/mol. The van der Waals surface area contributed by atoms with E-state index in [9.17, 15) is 38.4 Å². The molecule has 68 heavy (non-hydrogen) atoms. The van der Waals surface area contributed by atoms with E-state index in [4.69, 9.17) is 65.0 Å². The molecule has 9 N–H and O–H groups in total. The van der Waals surface area contributed by atoms with Crippen LogP contribution >= 0.6 is 65.7 Å². The van der Waals surface area contributed by atoms with Gasteiger partial charge in [0.1, 0.15) is 32.1 Å². The highest BCUT2D eigenvalue weighted by Gasteiger charge is 2.20. The molecule has 0 saturated heterocycles. The third kappa shape index (κ3) is 24.9. The molecule has 0 amide bonds. The van der Waals surface area contributed by atoms with Gasteiger partial charge < -0.3 is 31.1 Å². The Bertz CT molecular complexity index is 2620. The normalized spacial score (nSPS) is 11.1. The number of unbranched alkanes of at least 4 members (excludes halogenated alkanes) is 3. The van der Waals surface area contributed by atoms with Gasteiger partial charge in [-0.3, -0.25) is 0 Å². The number of nitrogens with two attached hydrogens (primary N) is 1. The number of aliphatic hydroxyl groups is 3. The van der Waals surface area contributed by atoms with Crippen LogP contribution in [-0.4, -0.2) is 97.2 Å². The van der Waals surface area contributed by atoms with E-state index in [0.29, 0.717) is 62.2 Å². The molecule has 0 aliphatic rings. The van der Waals surface area contributed by atoms with Crippen molar-refractivity contribution in [1.29, 1.82) is 0 Å². The highest BCUT2D eigenvalue weighted by atomic mass is 79.9. The van der Waals surface area contributed by atoms with E-state index in [0.717, 1.165) is 36.6 Å². The maximum Gasteiger partial charge on any atom is 0.488 e. The van der Waals surface area contributed by atoms with Crippen LogP contribution in [0.15, 0.2) is 127 Å². The van der Waals surface area contributed by atoms with E-state index < -0.39 is 58.6 Å². The Hall–Kier alpha value is -2.69. The van der Waals surface area contributed by atoms with Crippen molar-refractivity contribution in [2.24, 2.45) is 5.73 Å². The zero-order chi connectivity index (χ0) is 51.5. The molecule has 0 heterocycles. The molecule has 0 radical (unpaired) electrons. The number of sulfonamides is 2. The Morgan fingerprint density at radius 1 is 0.529 bits per heavy atom. The molecule has 0 bridgehead atoms. The van der Waals surface area contributed by atoms with Crippen LogP contribution in [0.4, 0.5) is 13.2 Å². The molecule has 14 nitrogen and oxygen atoms in total. The van der Waals surface area contributed by atoms with E-state index >= 15 is 0 Å². The Kier molecular flexibility index (Phi) is 30.8. The molecule has 0 saturated carbocycles. The van der Waals surface area contributed by atoms with Crippen molar-refractivity contribution in [2.45, 2.75) is 53.2 Å². The Morgan fingerprint density at radius 2 is 0.897 bits per heavy atom. The van der Waals surface area contributed by atoms with Crippen LogP contribution in [0.2, 0.25) is 10.0 Å². The monoisotopic (exact) mass is 1200 g/mol. The predicted molar refractivity (Wildman–Crippen MR) is 268 cm³/mol. The van der Waals surface area contributed by atoms with Crippen molar-refractivity contribution in [3.05, 3.63) is 140 Å². The van der Waals surface area contributed by atoms with Crippen LogP contribution in [-0.2, 0) is 29.1 Å². The summed E-state index contributed by atoms with van der Waals surface area (Å²) in [6.45, 7) is 1.30. The van der Waals surface area contributed by atoms with Crippen molar-refractivity contribution < 1.29 is 63.8 Å². The number of hydrogen-bond acceptors (Lipinski definition) is 12. The lowest BCUT2D eigenvalue weighted by atomic mass is 9.81. The molecule has 376 valence electrons. The fraction of sp³-hybridized carbons (Fsp3) is 0.286. The second-order valence-corrected chi connectivity index (χ2v) is 22.3. The molecule has 5 rings (SSSR count).